The van der Waals surface area contributed by atoms with E-state index < -0.39 is 0 Å². The van der Waals surface area contributed by atoms with Gasteiger partial charge in [0.1, 0.15) is 0 Å². The zero-order valence-corrected chi connectivity index (χ0v) is 13.6. The number of ether oxygens (including phenoxy) is 1. The van der Waals surface area contributed by atoms with Crippen molar-refractivity contribution < 1.29 is 19.2 Å². The molecule has 0 spiro atoms. The van der Waals surface area contributed by atoms with Crippen LogP contribution in [-0.2, 0) is 14.4 Å². The maximum Gasteiger partial charge on any atom is 0.322 e. The van der Waals surface area contributed by atoms with Gasteiger partial charge in [0.05, 0.1) is 37.6 Å². The number of amides is 3. The van der Waals surface area contributed by atoms with Gasteiger partial charge in [-0.25, -0.2) is 4.79 Å². The Kier molecular flexibility index (Phi) is 4.22. The Morgan fingerprint density at radius 3 is 2.80 bits per heavy atom. The van der Waals surface area contributed by atoms with Crippen LogP contribution in [0.25, 0.3) is 0 Å². The molecule has 25 heavy (non-hydrogen) atoms. The fourth-order valence-electron chi connectivity index (χ4n) is 3.27. The molecule has 0 saturated carbocycles. The Hall–Kier alpha value is -2.68. The Morgan fingerprint density at radius 2 is 2.04 bits per heavy atom. The lowest BCUT2D eigenvalue weighted by molar-refractivity contribution is -0.128. The Morgan fingerprint density at radius 1 is 1.20 bits per heavy atom. The van der Waals surface area contributed by atoms with Gasteiger partial charge in [-0.2, -0.15) is 0 Å². The van der Waals surface area contributed by atoms with Gasteiger partial charge >= 0.3 is 6.03 Å². The van der Waals surface area contributed by atoms with Crippen molar-refractivity contribution in [3.05, 3.63) is 24.5 Å². The lowest BCUT2D eigenvalue weighted by Gasteiger charge is -2.27. The minimum atomic E-state index is -0.264. The van der Waals surface area contributed by atoms with Crippen molar-refractivity contribution in [1.29, 1.82) is 0 Å². The maximum absolute atomic E-state index is 12.6. The van der Waals surface area contributed by atoms with E-state index in [1.807, 2.05) is 0 Å². The molecule has 2 atom stereocenters. The molecule has 1 aromatic heterocycles. The van der Waals surface area contributed by atoms with E-state index in [2.05, 4.69) is 15.5 Å². The standard InChI is InChI=1S/C16H19N5O4/c22-15(20-4-6-24-7-5-20)14-12-9-21(10-13(12)25-19-14)16(23)18-11-2-1-3-17-8-11/h1-3,8,12-13H,4-7,9-10H2,(H,18,23). The predicted octanol–water partition coefficient (Wildman–Crippen LogP) is 0.159. The summed E-state index contributed by atoms with van der Waals surface area (Å²) >= 11 is 0. The lowest BCUT2D eigenvalue weighted by Crippen LogP contribution is -2.46. The quantitative estimate of drug-likeness (QED) is 0.824. The van der Waals surface area contributed by atoms with Gasteiger partial charge in [-0.05, 0) is 12.1 Å². The number of likely N-dealkylation sites (tertiary alicyclic amines) is 1. The van der Waals surface area contributed by atoms with Gasteiger partial charge < -0.3 is 24.7 Å². The summed E-state index contributed by atoms with van der Waals surface area (Å²) in [6.07, 6.45) is 2.96. The molecule has 1 N–H and O–H groups in total. The molecule has 0 aliphatic carbocycles. The summed E-state index contributed by atoms with van der Waals surface area (Å²) in [6.45, 7) is 2.99. The van der Waals surface area contributed by atoms with Gasteiger partial charge in [-0.3, -0.25) is 9.78 Å². The van der Waals surface area contributed by atoms with E-state index in [9.17, 15) is 9.59 Å². The van der Waals surface area contributed by atoms with Crippen LogP contribution in [0.15, 0.2) is 29.7 Å². The van der Waals surface area contributed by atoms with Crippen molar-refractivity contribution in [2.24, 2.45) is 11.1 Å². The van der Waals surface area contributed by atoms with Crippen LogP contribution in [0.2, 0.25) is 0 Å². The molecule has 3 aliphatic rings. The third-order valence-electron chi connectivity index (χ3n) is 4.62. The number of carbonyl (C=O) groups excluding carboxylic acids is 2. The molecule has 2 fully saturated rings. The molecule has 9 heteroatoms. The Labute approximate surface area is 144 Å². The molecule has 132 valence electrons. The average molecular weight is 345 g/mol. The number of anilines is 1. The third-order valence-corrected chi connectivity index (χ3v) is 4.62. The first kappa shape index (κ1) is 15.8. The number of carbonyl (C=O) groups is 2. The summed E-state index contributed by atoms with van der Waals surface area (Å²) < 4.78 is 5.27. The van der Waals surface area contributed by atoms with Gasteiger partial charge in [0.2, 0.25) is 0 Å². The van der Waals surface area contributed by atoms with Crippen LogP contribution < -0.4 is 5.32 Å². The SMILES string of the molecule is O=C(Nc1cccnc1)N1CC2ON=C(C(=O)N3CCOCC3)C2C1. The highest BCUT2D eigenvalue weighted by Gasteiger charge is 2.47. The first-order chi connectivity index (χ1) is 12.2. The Balaban J connectivity index is 1.39. The molecular formula is C16H19N5O4. The van der Waals surface area contributed by atoms with E-state index in [-0.39, 0.29) is 24.0 Å². The minimum Gasteiger partial charge on any atom is -0.389 e. The summed E-state index contributed by atoms with van der Waals surface area (Å²) in [5.74, 6) is -0.305. The smallest absolute Gasteiger partial charge is 0.322 e. The van der Waals surface area contributed by atoms with Gasteiger partial charge in [0.15, 0.2) is 11.8 Å². The van der Waals surface area contributed by atoms with E-state index in [1.165, 1.54) is 0 Å². The van der Waals surface area contributed by atoms with Crippen LogP contribution in [0.3, 0.4) is 0 Å². The summed E-state index contributed by atoms with van der Waals surface area (Å²) in [5.41, 5.74) is 1.03. The lowest BCUT2D eigenvalue weighted by atomic mass is 10.00. The van der Waals surface area contributed by atoms with E-state index in [0.29, 0.717) is 50.8 Å². The second-order valence-electron chi connectivity index (χ2n) is 6.21. The number of aromatic nitrogens is 1. The molecule has 0 radical (unpaired) electrons. The molecule has 3 amide bonds. The van der Waals surface area contributed by atoms with Crippen molar-refractivity contribution in [3.8, 4) is 0 Å². The second kappa shape index (κ2) is 6.67. The van der Waals surface area contributed by atoms with Crippen LogP contribution >= 0.6 is 0 Å². The highest BCUT2D eigenvalue weighted by Crippen LogP contribution is 2.28. The number of urea groups is 1. The number of nitrogens with zero attached hydrogens (tertiary/aromatic N) is 4. The van der Waals surface area contributed by atoms with Crippen molar-refractivity contribution >= 4 is 23.3 Å². The molecule has 0 bridgehead atoms. The van der Waals surface area contributed by atoms with E-state index in [1.54, 1.807) is 34.3 Å². The molecule has 3 aliphatic heterocycles. The second-order valence-corrected chi connectivity index (χ2v) is 6.21. The number of hydrogen-bond donors (Lipinski definition) is 1. The van der Waals surface area contributed by atoms with Gasteiger partial charge in [0.25, 0.3) is 5.91 Å². The third kappa shape index (κ3) is 3.14. The van der Waals surface area contributed by atoms with E-state index in [0.717, 1.165) is 0 Å². The number of hydrogen-bond acceptors (Lipinski definition) is 6. The van der Waals surface area contributed by atoms with Crippen LogP contribution in [-0.4, -0.2) is 77.9 Å². The van der Waals surface area contributed by atoms with Crippen molar-refractivity contribution in [2.45, 2.75) is 6.10 Å². The first-order valence-electron chi connectivity index (χ1n) is 8.29. The number of fused-ring (bicyclic) bond motifs is 1. The number of morpholine rings is 1. The monoisotopic (exact) mass is 345 g/mol. The van der Waals surface area contributed by atoms with Crippen molar-refractivity contribution in [2.75, 3.05) is 44.7 Å². The fourth-order valence-corrected chi connectivity index (χ4v) is 3.27. The van der Waals surface area contributed by atoms with E-state index in [4.69, 9.17) is 9.57 Å². The molecule has 2 saturated heterocycles. The molecule has 0 aromatic carbocycles. The molecule has 4 heterocycles. The normalized spacial score (nSPS) is 25.2. The topological polar surface area (TPSA) is 96.4 Å². The fraction of sp³-hybridized carbons (Fsp3) is 0.500. The summed E-state index contributed by atoms with van der Waals surface area (Å²) in [7, 11) is 0. The van der Waals surface area contributed by atoms with Gasteiger partial charge in [-0.1, -0.05) is 5.16 Å². The largest absolute Gasteiger partial charge is 0.389 e. The maximum atomic E-state index is 12.6. The molecule has 9 nitrogen and oxygen atoms in total. The summed E-state index contributed by atoms with van der Waals surface area (Å²) in [4.78, 5) is 37.8. The van der Waals surface area contributed by atoms with Gasteiger partial charge in [0, 0.05) is 25.8 Å². The van der Waals surface area contributed by atoms with Crippen LogP contribution in [0.4, 0.5) is 10.5 Å². The minimum absolute atomic E-state index is 0.120. The number of nitrogens with one attached hydrogen (secondary N) is 1. The highest BCUT2D eigenvalue weighted by molar-refractivity contribution is 6.40. The zero-order chi connectivity index (χ0) is 17.2. The average Bonchev–Trinajstić information content (AvgIpc) is 3.23. The Bertz CT molecular complexity index is 689. The van der Waals surface area contributed by atoms with E-state index >= 15 is 0 Å². The van der Waals surface area contributed by atoms with Crippen molar-refractivity contribution in [1.82, 2.24) is 14.8 Å². The number of rotatable bonds is 2. The predicted molar refractivity (Wildman–Crippen MR) is 88.0 cm³/mol. The van der Waals surface area contributed by atoms with Crippen LogP contribution in [0.5, 0.6) is 0 Å². The number of oxime groups is 1. The summed E-state index contributed by atoms with van der Waals surface area (Å²) in [6, 6.07) is 3.29. The first-order valence-corrected chi connectivity index (χ1v) is 8.29. The summed E-state index contributed by atoms with van der Waals surface area (Å²) in [5, 5.41) is 6.79. The molecule has 2 unspecified atom stereocenters. The van der Waals surface area contributed by atoms with Crippen molar-refractivity contribution in [3.63, 3.8) is 0 Å². The zero-order valence-electron chi connectivity index (χ0n) is 13.6. The molecule has 4 rings (SSSR count). The highest BCUT2D eigenvalue weighted by atomic mass is 16.6. The van der Waals surface area contributed by atoms with Crippen LogP contribution in [0.1, 0.15) is 0 Å². The van der Waals surface area contributed by atoms with Gasteiger partial charge in [-0.15, -0.1) is 0 Å². The molecular weight excluding hydrogens is 326 g/mol. The molecule has 1 aromatic rings. The van der Waals surface area contributed by atoms with Crippen LogP contribution in [0, 0.1) is 5.92 Å². The number of pyridine rings is 1.